The molecule has 0 radical (unpaired) electrons. The predicted molar refractivity (Wildman–Crippen MR) is 128 cm³/mol. The van der Waals surface area contributed by atoms with Crippen molar-refractivity contribution in [3.63, 3.8) is 0 Å². The number of aliphatic hydroxyl groups is 1. The first kappa shape index (κ1) is 22.0. The van der Waals surface area contributed by atoms with Crippen LogP contribution in [0.3, 0.4) is 0 Å². The van der Waals surface area contributed by atoms with E-state index in [0.29, 0.717) is 28.4 Å². The summed E-state index contributed by atoms with van der Waals surface area (Å²) in [5.74, 6) is 0.132. The Morgan fingerprint density at radius 2 is 1.82 bits per heavy atom. The van der Waals surface area contributed by atoms with Crippen LogP contribution in [0, 0.1) is 0 Å². The van der Waals surface area contributed by atoms with Crippen LogP contribution in [0.25, 0.3) is 5.76 Å². The highest BCUT2D eigenvalue weighted by Crippen LogP contribution is 2.42. The van der Waals surface area contributed by atoms with Gasteiger partial charge in [-0.3, -0.25) is 9.59 Å². The van der Waals surface area contributed by atoms with Gasteiger partial charge in [-0.1, -0.05) is 46.3 Å². The number of ketones is 1. The van der Waals surface area contributed by atoms with Gasteiger partial charge in [-0.25, -0.2) is 0 Å². The van der Waals surface area contributed by atoms with Crippen LogP contribution >= 0.6 is 15.9 Å². The summed E-state index contributed by atoms with van der Waals surface area (Å²) in [6, 6.07) is 18.6. The molecule has 5 rings (SSSR count). The zero-order valence-corrected chi connectivity index (χ0v) is 19.7. The molecule has 0 bridgehead atoms. The van der Waals surface area contributed by atoms with Crippen LogP contribution in [-0.4, -0.2) is 35.6 Å². The monoisotopic (exact) mass is 521 g/mol. The number of nitrogens with zero attached hydrogens (tertiary/aromatic N) is 1. The molecule has 1 fully saturated rings. The minimum Gasteiger partial charge on any atom is -0.507 e. The number of hydrogen-bond donors (Lipinski definition) is 1. The fourth-order valence-electron chi connectivity index (χ4n) is 4.20. The first-order chi connectivity index (χ1) is 16.5. The van der Waals surface area contributed by atoms with Crippen molar-refractivity contribution in [3.05, 3.63) is 93.5 Å². The van der Waals surface area contributed by atoms with Crippen molar-refractivity contribution in [2.75, 3.05) is 13.9 Å². The number of fused-ring (bicyclic) bond motifs is 1. The Bertz CT molecular complexity index is 1320. The third-order valence-corrected chi connectivity index (χ3v) is 6.39. The van der Waals surface area contributed by atoms with E-state index < -0.39 is 17.7 Å². The van der Waals surface area contributed by atoms with Gasteiger partial charge >= 0.3 is 0 Å². The lowest BCUT2D eigenvalue weighted by Crippen LogP contribution is -2.29. The van der Waals surface area contributed by atoms with Crippen molar-refractivity contribution in [1.82, 2.24) is 4.90 Å². The molecule has 2 heterocycles. The maximum absolute atomic E-state index is 13.2. The van der Waals surface area contributed by atoms with Crippen LogP contribution in [0.1, 0.15) is 22.7 Å². The molecule has 2 aliphatic rings. The van der Waals surface area contributed by atoms with Gasteiger partial charge in [0.15, 0.2) is 11.5 Å². The lowest BCUT2D eigenvalue weighted by molar-refractivity contribution is -0.140. The molecule has 172 valence electrons. The Morgan fingerprint density at radius 3 is 2.59 bits per heavy atom. The first-order valence-electron chi connectivity index (χ1n) is 10.5. The number of likely N-dealkylation sites (tertiary alicyclic amines) is 1. The van der Waals surface area contributed by atoms with Crippen molar-refractivity contribution >= 4 is 33.4 Å². The summed E-state index contributed by atoms with van der Waals surface area (Å²) in [5.41, 5.74) is 1.89. The fourth-order valence-corrected chi connectivity index (χ4v) is 4.46. The lowest BCUT2D eigenvalue weighted by Gasteiger charge is -2.26. The van der Waals surface area contributed by atoms with E-state index in [9.17, 15) is 14.7 Å². The molecule has 0 spiro atoms. The van der Waals surface area contributed by atoms with E-state index in [1.807, 2.05) is 6.07 Å². The maximum Gasteiger partial charge on any atom is 0.295 e. The summed E-state index contributed by atoms with van der Waals surface area (Å²) in [7, 11) is 1.55. The zero-order valence-electron chi connectivity index (χ0n) is 18.2. The van der Waals surface area contributed by atoms with Crippen LogP contribution in [-0.2, 0) is 16.1 Å². The number of halogens is 1. The molecule has 1 atom stereocenters. The van der Waals surface area contributed by atoms with Crippen molar-refractivity contribution in [3.8, 4) is 17.2 Å². The van der Waals surface area contributed by atoms with Gasteiger partial charge in [0, 0.05) is 16.6 Å². The number of Topliss-reactive ketones (excluding diaryl/α,β-unsaturated/α-hetero) is 1. The number of hydrogen-bond acceptors (Lipinski definition) is 6. The number of ether oxygens (including phenoxy) is 3. The number of rotatable bonds is 5. The Hall–Kier alpha value is -3.78. The van der Waals surface area contributed by atoms with Crippen molar-refractivity contribution in [2.45, 2.75) is 12.6 Å². The molecule has 34 heavy (non-hydrogen) atoms. The maximum atomic E-state index is 13.2. The highest BCUT2D eigenvalue weighted by Gasteiger charge is 2.46. The third-order valence-electron chi connectivity index (χ3n) is 5.86. The normalized spacial score (nSPS) is 18.4. The molecule has 2 aliphatic heterocycles. The summed E-state index contributed by atoms with van der Waals surface area (Å²) in [6.45, 7) is 0.278. The summed E-state index contributed by atoms with van der Waals surface area (Å²) in [4.78, 5) is 27.9. The van der Waals surface area contributed by atoms with Crippen LogP contribution in [0.15, 0.2) is 76.8 Å². The highest BCUT2D eigenvalue weighted by molar-refractivity contribution is 9.10. The van der Waals surface area contributed by atoms with Gasteiger partial charge in [-0.05, 0) is 47.5 Å². The van der Waals surface area contributed by atoms with Crippen molar-refractivity contribution in [1.29, 1.82) is 0 Å². The number of amides is 1. The molecule has 1 N–H and O–H groups in total. The number of carbonyl (C=O) groups is 2. The minimum absolute atomic E-state index is 0.0290. The quantitative estimate of drug-likeness (QED) is 0.294. The predicted octanol–water partition coefficient (Wildman–Crippen LogP) is 4.81. The SMILES string of the molecule is COc1cccc(C2/C(=C(\O)c3ccc(Br)cc3)C(=O)C(=O)N2Cc2ccc3c(c2)OCO3)c1. The van der Waals surface area contributed by atoms with E-state index in [1.54, 1.807) is 67.8 Å². The van der Waals surface area contributed by atoms with Gasteiger partial charge in [0.2, 0.25) is 6.79 Å². The second kappa shape index (κ2) is 8.87. The number of aliphatic hydroxyl groups excluding tert-OH is 1. The number of carbonyl (C=O) groups excluding carboxylic acids is 2. The Balaban J connectivity index is 1.62. The Morgan fingerprint density at radius 1 is 1.06 bits per heavy atom. The zero-order chi connectivity index (χ0) is 23.8. The van der Waals surface area contributed by atoms with Crippen molar-refractivity contribution in [2.24, 2.45) is 0 Å². The number of benzene rings is 3. The summed E-state index contributed by atoms with van der Waals surface area (Å²) < 4.78 is 17.0. The van der Waals surface area contributed by atoms with Crippen LogP contribution < -0.4 is 14.2 Å². The van der Waals surface area contributed by atoms with Gasteiger partial charge in [0.25, 0.3) is 11.7 Å². The summed E-state index contributed by atoms with van der Waals surface area (Å²) in [6.07, 6.45) is 0. The number of methoxy groups -OCH3 is 1. The molecular weight excluding hydrogens is 502 g/mol. The smallest absolute Gasteiger partial charge is 0.295 e. The van der Waals surface area contributed by atoms with Gasteiger partial charge < -0.3 is 24.2 Å². The Kier molecular flexibility index (Phi) is 5.75. The van der Waals surface area contributed by atoms with E-state index in [-0.39, 0.29) is 24.7 Å². The molecule has 1 saturated heterocycles. The van der Waals surface area contributed by atoms with E-state index in [4.69, 9.17) is 14.2 Å². The molecule has 1 amide bonds. The third kappa shape index (κ3) is 3.90. The van der Waals surface area contributed by atoms with Crippen molar-refractivity contribution < 1.29 is 28.9 Å². The molecule has 0 saturated carbocycles. The second-order valence-corrected chi connectivity index (χ2v) is 8.81. The van der Waals surface area contributed by atoms with Crippen LogP contribution in [0.2, 0.25) is 0 Å². The van der Waals surface area contributed by atoms with Crippen LogP contribution in [0.5, 0.6) is 17.2 Å². The standard InChI is InChI=1S/C26H20BrNO6/c1-32-19-4-2-3-17(12-19)23-22(24(29)16-6-8-18(27)9-7-16)25(30)26(31)28(23)13-15-5-10-20-21(11-15)34-14-33-20/h2-12,23,29H,13-14H2,1H3/b24-22+. The molecular formula is C26H20BrNO6. The molecule has 7 nitrogen and oxygen atoms in total. The van der Waals surface area contributed by atoms with E-state index in [1.165, 1.54) is 4.90 Å². The largest absolute Gasteiger partial charge is 0.507 e. The molecule has 1 unspecified atom stereocenters. The topological polar surface area (TPSA) is 85.3 Å². The minimum atomic E-state index is -0.802. The van der Waals surface area contributed by atoms with Gasteiger partial charge in [0.05, 0.1) is 18.7 Å². The summed E-state index contributed by atoms with van der Waals surface area (Å²) in [5, 5.41) is 11.2. The summed E-state index contributed by atoms with van der Waals surface area (Å²) >= 11 is 3.37. The van der Waals surface area contributed by atoms with E-state index >= 15 is 0 Å². The van der Waals surface area contributed by atoms with Gasteiger partial charge in [-0.15, -0.1) is 0 Å². The Labute approximate surface area is 204 Å². The highest BCUT2D eigenvalue weighted by atomic mass is 79.9. The molecule has 3 aromatic rings. The lowest BCUT2D eigenvalue weighted by atomic mass is 9.95. The van der Waals surface area contributed by atoms with E-state index in [2.05, 4.69) is 15.9 Å². The first-order valence-corrected chi connectivity index (χ1v) is 11.3. The molecule has 8 heteroatoms. The average molecular weight is 522 g/mol. The molecule has 0 aromatic heterocycles. The second-order valence-electron chi connectivity index (χ2n) is 7.90. The van der Waals surface area contributed by atoms with Gasteiger partial charge in [0.1, 0.15) is 11.5 Å². The molecule has 0 aliphatic carbocycles. The fraction of sp³-hybridized carbons (Fsp3) is 0.154. The van der Waals surface area contributed by atoms with Crippen LogP contribution in [0.4, 0.5) is 0 Å². The average Bonchev–Trinajstić information content (AvgIpc) is 3.42. The molecule has 3 aromatic carbocycles. The van der Waals surface area contributed by atoms with Gasteiger partial charge in [-0.2, -0.15) is 0 Å². The van der Waals surface area contributed by atoms with E-state index in [0.717, 1.165) is 10.0 Å².